The number of anilines is 1. The summed E-state index contributed by atoms with van der Waals surface area (Å²) in [6.45, 7) is 2.56. The first-order valence-corrected chi connectivity index (χ1v) is 14.3. The summed E-state index contributed by atoms with van der Waals surface area (Å²) in [6, 6.07) is 14.6. The minimum Gasteiger partial charge on any atom is -0.496 e. The van der Waals surface area contributed by atoms with E-state index in [1.54, 1.807) is 7.11 Å². The van der Waals surface area contributed by atoms with E-state index in [9.17, 15) is 5.11 Å². The van der Waals surface area contributed by atoms with E-state index in [1.807, 2.05) is 19.2 Å². The van der Waals surface area contributed by atoms with Crippen LogP contribution in [0, 0.1) is 6.92 Å². The van der Waals surface area contributed by atoms with Crippen molar-refractivity contribution in [1.82, 2.24) is 24.3 Å². The van der Waals surface area contributed by atoms with Crippen molar-refractivity contribution >= 4 is 22.2 Å². The summed E-state index contributed by atoms with van der Waals surface area (Å²) >= 11 is 0. The van der Waals surface area contributed by atoms with Crippen molar-refractivity contribution in [1.29, 1.82) is 0 Å². The van der Waals surface area contributed by atoms with Gasteiger partial charge in [-0.3, -0.25) is 4.98 Å². The molecule has 5 aromatic rings. The van der Waals surface area contributed by atoms with Gasteiger partial charge in [-0.05, 0) is 68.0 Å². The van der Waals surface area contributed by atoms with Gasteiger partial charge in [-0.2, -0.15) is 0 Å². The van der Waals surface area contributed by atoms with Gasteiger partial charge in [0.05, 0.1) is 30.5 Å². The number of fused-ring (bicyclic) bond motifs is 2. The molecule has 2 saturated carbocycles. The highest BCUT2D eigenvalue weighted by Crippen LogP contribution is 2.54. The number of aryl methyl sites for hydroxylation is 1. The van der Waals surface area contributed by atoms with Crippen LogP contribution in [0.4, 0.5) is 5.69 Å². The zero-order valence-electron chi connectivity index (χ0n) is 22.7. The lowest BCUT2D eigenvalue weighted by Crippen LogP contribution is -2.24. The van der Waals surface area contributed by atoms with Gasteiger partial charge >= 0.3 is 0 Å². The number of hydrogen-bond donors (Lipinski definition) is 1. The van der Waals surface area contributed by atoms with Crippen molar-refractivity contribution in [3.05, 3.63) is 89.5 Å². The lowest BCUT2D eigenvalue weighted by Gasteiger charge is -2.25. The fourth-order valence-electron chi connectivity index (χ4n) is 6.42. The van der Waals surface area contributed by atoms with E-state index in [1.165, 1.54) is 18.4 Å². The molecule has 1 N–H and O–H groups in total. The van der Waals surface area contributed by atoms with Crippen molar-refractivity contribution in [3.63, 3.8) is 0 Å². The normalized spacial score (nSPS) is 24.2. The molecule has 0 bridgehead atoms. The topological polar surface area (TPSA) is 88.7 Å². The average molecular weight is 533 g/mol. The van der Waals surface area contributed by atoms with E-state index >= 15 is 0 Å². The Balaban J connectivity index is 1.13. The van der Waals surface area contributed by atoms with Gasteiger partial charge in [0.15, 0.2) is 0 Å². The monoisotopic (exact) mass is 532 g/mol. The van der Waals surface area contributed by atoms with Crippen LogP contribution in [-0.4, -0.2) is 49.2 Å². The first-order valence-electron chi connectivity index (χ1n) is 14.3. The first-order chi connectivity index (χ1) is 19.5. The lowest BCUT2D eigenvalue weighted by molar-refractivity contribution is 0.194. The van der Waals surface area contributed by atoms with Gasteiger partial charge < -0.3 is 19.1 Å². The Morgan fingerprint density at radius 1 is 0.925 bits per heavy atom. The molecule has 1 saturated heterocycles. The second kappa shape index (κ2) is 8.99. The van der Waals surface area contributed by atoms with Crippen LogP contribution >= 0.6 is 0 Å². The number of aliphatic hydroxyl groups excluding tert-OH is 1. The van der Waals surface area contributed by atoms with Gasteiger partial charge in [0.1, 0.15) is 17.2 Å². The van der Waals surface area contributed by atoms with Crippen LogP contribution in [0.25, 0.3) is 16.6 Å². The van der Waals surface area contributed by atoms with E-state index in [0.717, 1.165) is 57.3 Å². The van der Waals surface area contributed by atoms with Gasteiger partial charge in [0.2, 0.25) is 0 Å². The minimum absolute atomic E-state index is 0.00640. The summed E-state index contributed by atoms with van der Waals surface area (Å²) in [4.78, 5) is 21.5. The van der Waals surface area contributed by atoms with Crippen LogP contribution in [0.1, 0.15) is 77.9 Å². The van der Waals surface area contributed by atoms with Crippen molar-refractivity contribution in [2.75, 3.05) is 18.6 Å². The van der Waals surface area contributed by atoms with Crippen LogP contribution in [0.5, 0.6) is 5.75 Å². The maximum absolute atomic E-state index is 10.7. The van der Waals surface area contributed by atoms with Crippen molar-refractivity contribution in [3.8, 4) is 5.75 Å². The second-order valence-electron chi connectivity index (χ2n) is 11.7. The zero-order valence-corrected chi connectivity index (χ0v) is 22.7. The number of rotatable bonds is 6. The van der Waals surface area contributed by atoms with E-state index in [0.29, 0.717) is 18.9 Å². The fraction of sp³-hybridized carbons (Fsp3) is 0.375. The highest BCUT2D eigenvalue weighted by Gasteiger charge is 2.43. The van der Waals surface area contributed by atoms with Crippen LogP contribution in [0.2, 0.25) is 0 Å². The number of aromatic nitrogens is 5. The molecule has 40 heavy (non-hydrogen) atoms. The molecule has 5 heterocycles. The predicted octanol–water partition coefficient (Wildman–Crippen LogP) is 5.45. The van der Waals surface area contributed by atoms with E-state index in [-0.39, 0.29) is 17.9 Å². The number of β-amino-alcohol motifs (C(OH)–C–C–N with tert-alkyl or cyclic N) is 1. The minimum atomic E-state index is -0.414. The largest absolute Gasteiger partial charge is 0.496 e. The number of nitrogens with zero attached hydrogens (tertiary/aromatic N) is 6. The third-order valence-electron chi connectivity index (χ3n) is 8.80. The first kappa shape index (κ1) is 23.8. The van der Waals surface area contributed by atoms with Crippen molar-refractivity contribution in [2.24, 2.45) is 0 Å². The highest BCUT2D eigenvalue weighted by atomic mass is 16.5. The summed E-state index contributed by atoms with van der Waals surface area (Å²) in [5.74, 6) is 2.98. The number of benzene rings is 1. The molecular formula is C32H32N6O2. The van der Waals surface area contributed by atoms with Crippen molar-refractivity contribution in [2.45, 2.75) is 62.5 Å². The Morgan fingerprint density at radius 3 is 2.65 bits per heavy atom. The average Bonchev–Trinajstić information content (AvgIpc) is 3.89. The summed E-state index contributed by atoms with van der Waals surface area (Å²) in [6.07, 6.45) is 9.97. The smallest absolute Gasteiger partial charge is 0.137 e. The Kier molecular flexibility index (Phi) is 5.35. The van der Waals surface area contributed by atoms with Gasteiger partial charge in [-0.1, -0.05) is 6.07 Å². The molecule has 4 atom stereocenters. The number of hydrogen-bond acceptors (Lipinski definition) is 7. The van der Waals surface area contributed by atoms with E-state index in [2.05, 4.69) is 68.1 Å². The Hall–Kier alpha value is -4.04. The molecule has 2 aliphatic carbocycles. The molecule has 3 fully saturated rings. The third kappa shape index (κ3) is 4.09. The molecule has 0 spiro atoms. The third-order valence-corrected chi connectivity index (χ3v) is 8.80. The van der Waals surface area contributed by atoms with E-state index < -0.39 is 6.10 Å². The molecule has 0 amide bonds. The lowest BCUT2D eigenvalue weighted by atomic mass is 10.1. The van der Waals surface area contributed by atoms with Crippen LogP contribution in [0.3, 0.4) is 0 Å². The molecule has 1 aromatic carbocycles. The van der Waals surface area contributed by atoms with Crippen LogP contribution < -0.4 is 9.64 Å². The Morgan fingerprint density at radius 2 is 1.82 bits per heavy atom. The fourth-order valence-corrected chi connectivity index (χ4v) is 6.42. The quantitative estimate of drug-likeness (QED) is 0.311. The molecule has 202 valence electrons. The number of aliphatic hydroxyl groups is 1. The van der Waals surface area contributed by atoms with Gasteiger partial charge in [0.25, 0.3) is 0 Å². The number of ether oxygens (including phenoxy) is 1. The van der Waals surface area contributed by atoms with Crippen molar-refractivity contribution < 1.29 is 9.84 Å². The molecule has 4 aromatic heterocycles. The standard InChI is InChI=1S/C32H32N6O2/c1-18-9-10-33-32(34-18)25-13-24(25)27-14-30(40-2)23-7-6-21(11-26(23)35-27)38-16-22(39)12-29(38)28-17-37-15-20(19-3-4-19)5-8-31(37)36-28/h5-11,14-15,17,19,22,24-25,29,39H,3-4,12-13,16H2,1-2H3/t22-,24?,25?,29+/m0/s1. The number of pyridine rings is 2. The van der Waals surface area contributed by atoms with Crippen LogP contribution in [-0.2, 0) is 0 Å². The number of imidazole rings is 1. The zero-order chi connectivity index (χ0) is 27.0. The highest BCUT2D eigenvalue weighted by molar-refractivity contribution is 5.88. The Bertz CT molecular complexity index is 1760. The van der Waals surface area contributed by atoms with E-state index in [4.69, 9.17) is 14.7 Å². The molecule has 2 unspecified atom stereocenters. The summed E-state index contributed by atoms with van der Waals surface area (Å²) in [7, 11) is 1.71. The Labute approximate surface area is 232 Å². The van der Waals surface area contributed by atoms with Gasteiger partial charge in [0, 0.05) is 71.9 Å². The molecule has 8 heteroatoms. The predicted molar refractivity (Wildman–Crippen MR) is 153 cm³/mol. The molecular weight excluding hydrogens is 500 g/mol. The maximum Gasteiger partial charge on any atom is 0.137 e. The maximum atomic E-state index is 10.7. The van der Waals surface area contributed by atoms with Gasteiger partial charge in [-0.25, -0.2) is 15.0 Å². The summed E-state index contributed by atoms with van der Waals surface area (Å²) in [5.41, 5.74) is 7.26. The molecule has 1 aliphatic heterocycles. The summed E-state index contributed by atoms with van der Waals surface area (Å²) in [5, 5.41) is 11.7. The SMILES string of the molecule is COc1cc(C2CC2c2nccc(C)n2)nc2cc(N3C[C@@H](O)C[C@@H]3c3cn4cc(C5CC5)ccc4n3)ccc12. The molecule has 3 aliphatic rings. The van der Waals surface area contributed by atoms with Crippen LogP contribution in [0.15, 0.2) is 61.1 Å². The molecule has 8 nitrogen and oxygen atoms in total. The van der Waals surface area contributed by atoms with Gasteiger partial charge in [-0.15, -0.1) is 0 Å². The summed E-state index contributed by atoms with van der Waals surface area (Å²) < 4.78 is 7.95. The second-order valence-corrected chi connectivity index (χ2v) is 11.7. The molecule has 8 rings (SSSR count). The number of methoxy groups -OCH3 is 1. The molecule has 0 radical (unpaired) electrons.